The molecular weight excluding hydrogens is 238 g/mol. The fourth-order valence-corrected chi connectivity index (χ4v) is 2.38. The van der Waals surface area contributed by atoms with Gasteiger partial charge in [-0.2, -0.15) is 0 Å². The summed E-state index contributed by atoms with van der Waals surface area (Å²) in [6.07, 6.45) is 3.73. The molecule has 1 saturated heterocycles. The Morgan fingerprint density at radius 1 is 1.37 bits per heavy atom. The third-order valence-electron chi connectivity index (χ3n) is 3.41. The molecule has 0 aliphatic carbocycles. The molecule has 106 valence electrons. The molecule has 0 aromatic carbocycles. The number of rotatable bonds is 4. The molecule has 1 aromatic heterocycles. The van der Waals surface area contributed by atoms with Crippen LogP contribution >= 0.6 is 0 Å². The maximum absolute atomic E-state index is 10.4. The van der Waals surface area contributed by atoms with E-state index in [0.717, 1.165) is 24.5 Å². The van der Waals surface area contributed by atoms with Crippen LogP contribution in [0.4, 0.5) is 5.82 Å². The molecule has 0 spiro atoms. The fourth-order valence-electron chi connectivity index (χ4n) is 2.38. The van der Waals surface area contributed by atoms with E-state index in [9.17, 15) is 5.11 Å². The summed E-state index contributed by atoms with van der Waals surface area (Å²) >= 11 is 0. The molecule has 1 fully saturated rings. The highest BCUT2D eigenvalue weighted by molar-refractivity contribution is 5.48. The Kier molecular flexibility index (Phi) is 4.42. The maximum atomic E-state index is 10.4. The second-order valence-electron chi connectivity index (χ2n) is 6.26. The normalized spacial score (nSPS) is 17.8. The summed E-state index contributed by atoms with van der Waals surface area (Å²) in [6, 6.07) is 3.88. The van der Waals surface area contributed by atoms with Crippen LogP contribution in [0.5, 0.6) is 0 Å². The Balaban J connectivity index is 2.10. The third-order valence-corrected chi connectivity index (χ3v) is 3.41. The smallest absolute Gasteiger partial charge is 0.134 e. The lowest BCUT2D eigenvalue weighted by Crippen LogP contribution is -2.38. The van der Waals surface area contributed by atoms with Crippen LogP contribution in [-0.2, 0) is 0 Å². The van der Waals surface area contributed by atoms with Gasteiger partial charge in [-0.1, -0.05) is 6.07 Å². The first kappa shape index (κ1) is 14.3. The summed E-state index contributed by atoms with van der Waals surface area (Å²) in [6.45, 7) is 8.95. The molecule has 0 unspecified atom stereocenters. The molecule has 1 aliphatic rings. The predicted molar refractivity (Wildman–Crippen MR) is 78.4 cm³/mol. The summed E-state index contributed by atoms with van der Waals surface area (Å²) in [7, 11) is 0. The van der Waals surface area contributed by atoms with Crippen LogP contribution in [0.1, 0.15) is 45.3 Å². The third kappa shape index (κ3) is 3.91. The van der Waals surface area contributed by atoms with Crippen LogP contribution in [0.25, 0.3) is 0 Å². The van der Waals surface area contributed by atoms with E-state index >= 15 is 0 Å². The Labute approximate surface area is 115 Å². The number of pyridine rings is 1. The van der Waals surface area contributed by atoms with Crippen molar-refractivity contribution in [1.29, 1.82) is 0 Å². The monoisotopic (exact) mass is 263 g/mol. The van der Waals surface area contributed by atoms with Crippen molar-refractivity contribution in [3.05, 3.63) is 23.9 Å². The molecule has 0 bridgehead atoms. The fraction of sp³-hybridized carbons (Fsp3) is 0.667. The van der Waals surface area contributed by atoms with Gasteiger partial charge in [0.25, 0.3) is 0 Å². The van der Waals surface area contributed by atoms with E-state index in [-0.39, 0.29) is 5.54 Å². The van der Waals surface area contributed by atoms with Crippen LogP contribution in [-0.4, -0.2) is 35.3 Å². The molecule has 1 atom stereocenters. The zero-order chi connectivity index (χ0) is 13.9. The van der Waals surface area contributed by atoms with Gasteiger partial charge in [-0.15, -0.1) is 0 Å². The molecule has 0 amide bonds. The van der Waals surface area contributed by atoms with Crippen molar-refractivity contribution in [2.75, 3.05) is 24.5 Å². The zero-order valence-electron chi connectivity index (χ0n) is 12.2. The lowest BCUT2D eigenvalue weighted by molar-refractivity contribution is 0.163. The van der Waals surface area contributed by atoms with E-state index in [1.54, 1.807) is 6.20 Å². The van der Waals surface area contributed by atoms with Crippen molar-refractivity contribution < 1.29 is 5.11 Å². The summed E-state index contributed by atoms with van der Waals surface area (Å²) in [5, 5.41) is 13.7. The van der Waals surface area contributed by atoms with Crippen LogP contribution < -0.4 is 10.2 Å². The largest absolute Gasteiger partial charge is 0.387 e. The molecule has 2 heterocycles. The second-order valence-corrected chi connectivity index (χ2v) is 6.26. The average molecular weight is 263 g/mol. The first-order chi connectivity index (χ1) is 8.97. The number of hydrogen-bond donors (Lipinski definition) is 2. The van der Waals surface area contributed by atoms with Gasteiger partial charge in [0, 0.05) is 36.9 Å². The Morgan fingerprint density at radius 2 is 2.05 bits per heavy atom. The number of hydrogen-bond acceptors (Lipinski definition) is 4. The summed E-state index contributed by atoms with van der Waals surface area (Å²) in [4.78, 5) is 6.74. The standard InChI is InChI=1S/C15H25N3O/c1-15(2,3)17-11-13(19)12-7-6-8-16-14(12)18-9-4-5-10-18/h6-8,13,17,19H,4-5,9-11H2,1-3H3/t13-/m0/s1. The number of anilines is 1. The number of aromatic nitrogens is 1. The van der Waals surface area contributed by atoms with Crippen molar-refractivity contribution in [2.24, 2.45) is 0 Å². The van der Waals surface area contributed by atoms with Crippen LogP contribution in [0.15, 0.2) is 18.3 Å². The first-order valence-electron chi connectivity index (χ1n) is 7.10. The molecule has 4 heteroatoms. The van der Waals surface area contributed by atoms with Crippen molar-refractivity contribution in [3.8, 4) is 0 Å². The summed E-state index contributed by atoms with van der Waals surface area (Å²) in [5.74, 6) is 0.947. The molecule has 0 saturated carbocycles. The van der Waals surface area contributed by atoms with E-state index < -0.39 is 6.10 Å². The van der Waals surface area contributed by atoms with E-state index in [4.69, 9.17) is 0 Å². The van der Waals surface area contributed by atoms with Gasteiger partial charge in [0.15, 0.2) is 0 Å². The predicted octanol–water partition coefficient (Wildman–Crippen LogP) is 2.10. The van der Waals surface area contributed by atoms with Gasteiger partial charge in [0.2, 0.25) is 0 Å². The highest BCUT2D eigenvalue weighted by Crippen LogP contribution is 2.26. The summed E-state index contributed by atoms with van der Waals surface area (Å²) < 4.78 is 0. The maximum Gasteiger partial charge on any atom is 0.134 e. The average Bonchev–Trinajstić information content (AvgIpc) is 2.89. The number of β-amino-alcohol motifs (C(OH)–C–C–N with tert-alkyl or cyclic N) is 1. The van der Waals surface area contributed by atoms with Crippen molar-refractivity contribution in [1.82, 2.24) is 10.3 Å². The van der Waals surface area contributed by atoms with Gasteiger partial charge < -0.3 is 15.3 Å². The van der Waals surface area contributed by atoms with Crippen LogP contribution in [0, 0.1) is 0 Å². The highest BCUT2D eigenvalue weighted by atomic mass is 16.3. The molecule has 1 aromatic rings. The van der Waals surface area contributed by atoms with Gasteiger partial charge in [-0.25, -0.2) is 4.98 Å². The second kappa shape index (κ2) is 5.88. The van der Waals surface area contributed by atoms with Crippen LogP contribution in [0.2, 0.25) is 0 Å². The van der Waals surface area contributed by atoms with Crippen molar-refractivity contribution in [3.63, 3.8) is 0 Å². The SMILES string of the molecule is CC(C)(C)NC[C@H](O)c1cccnc1N1CCCC1. The summed E-state index contributed by atoms with van der Waals surface area (Å²) in [5.41, 5.74) is 0.943. The van der Waals surface area contributed by atoms with Gasteiger partial charge in [0.1, 0.15) is 5.82 Å². The zero-order valence-corrected chi connectivity index (χ0v) is 12.2. The minimum absolute atomic E-state index is 0.0109. The minimum atomic E-state index is -0.511. The molecular formula is C15H25N3O. The van der Waals surface area contributed by atoms with E-state index in [2.05, 4.69) is 36.0 Å². The molecule has 1 aliphatic heterocycles. The number of nitrogens with zero attached hydrogens (tertiary/aromatic N) is 2. The molecule has 0 radical (unpaired) electrons. The number of nitrogens with one attached hydrogen (secondary N) is 1. The topological polar surface area (TPSA) is 48.4 Å². The van der Waals surface area contributed by atoms with Gasteiger partial charge >= 0.3 is 0 Å². The van der Waals surface area contributed by atoms with Crippen molar-refractivity contribution >= 4 is 5.82 Å². The molecule has 2 rings (SSSR count). The van der Waals surface area contributed by atoms with Crippen molar-refractivity contribution in [2.45, 2.75) is 45.3 Å². The van der Waals surface area contributed by atoms with Crippen LogP contribution in [0.3, 0.4) is 0 Å². The molecule has 2 N–H and O–H groups in total. The van der Waals surface area contributed by atoms with E-state index in [1.165, 1.54) is 12.8 Å². The Hall–Kier alpha value is -1.13. The van der Waals surface area contributed by atoms with E-state index in [1.807, 2.05) is 12.1 Å². The molecule has 19 heavy (non-hydrogen) atoms. The Bertz CT molecular complexity index is 408. The molecule has 4 nitrogen and oxygen atoms in total. The quantitative estimate of drug-likeness (QED) is 0.873. The van der Waals surface area contributed by atoms with Gasteiger partial charge in [-0.3, -0.25) is 0 Å². The minimum Gasteiger partial charge on any atom is -0.387 e. The highest BCUT2D eigenvalue weighted by Gasteiger charge is 2.21. The lowest BCUT2D eigenvalue weighted by atomic mass is 10.1. The Morgan fingerprint density at radius 3 is 2.68 bits per heavy atom. The van der Waals surface area contributed by atoms with Gasteiger partial charge in [-0.05, 0) is 39.7 Å². The lowest BCUT2D eigenvalue weighted by Gasteiger charge is -2.26. The first-order valence-corrected chi connectivity index (χ1v) is 7.10. The van der Waals surface area contributed by atoms with Gasteiger partial charge in [0.05, 0.1) is 6.10 Å². The van der Waals surface area contributed by atoms with E-state index in [0.29, 0.717) is 6.54 Å². The number of aliphatic hydroxyl groups is 1. The number of aliphatic hydroxyl groups excluding tert-OH is 1.